The van der Waals surface area contributed by atoms with Crippen molar-refractivity contribution in [1.82, 2.24) is 9.97 Å². The van der Waals surface area contributed by atoms with Gasteiger partial charge in [0.1, 0.15) is 17.3 Å². The Labute approximate surface area is 152 Å². The molecule has 4 aromatic rings. The molecule has 0 saturated heterocycles. The van der Waals surface area contributed by atoms with Crippen LogP contribution in [0.1, 0.15) is 17.0 Å². The van der Waals surface area contributed by atoms with Crippen LogP contribution in [0.15, 0.2) is 71.6 Å². The summed E-state index contributed by atoms with van der Waals surface area (Å²) in [6.45, 7) is 1.96. The van der Waals surface area contributed by atoms with Crippen molar-refractivity contribution in [2.45, 2.75) is 18.2 Å². The number of imidazole rings is 1. The lowest BCUT2D eigenvalue weighted by Gasteiger charge is -2.14. The predicted octanol–water partition coefficient (Wildman–Crippen LogP) is 5.54. The fraction of sp³-hybridized carbons (Fsp3) is 0.0952. The maximum Gasteiger partial charge on any atom is 0.146 e. The molecule has 4 rings (SSSR count). The molecule has 0 bridgehead atoms. The van der Waals surface area contributed by atoms with Gasteiger partial charge in [-0.25, -0.2) is 4.98 Å². The van der Waals surface area contributed by atoms with Crippen LogP contribution >= 0.6 is 12.6 Å². The number of hydrogen-bond donors (Lipinski definition) is 2. The Morgan fingerprint density at radius 3 is 2.40 bits per heavy atom. The molecule has 0 amide bonds. The first-order valence-corrected chi connectivity index (χ1v) is 8.63. The zero-order chi connectivity index (χ0) is 17.2. The highest BCUT2D eigenvalue weighted by atomic mass is 32.1. The second-order valence-corrected chi connectivity index (χ2v) is 6.48. The van der Waals surface area contributed by atoms with E-state index in [2.05, 4.69) is 34.7 Å². The molecule has 3 aromatic carbocycles. The van der Waals surface area contributed by atoms with Crippen molar-refractivity contribution < 1.29 is 4.74 Å². The minimum atomic E-state index is 0.734. The van der Waals surface area contributed by atoms with Gasteiger partial charge >= 0.3 is 0 Å². The minimum Gasteiger partial charge on any atom is -0.456 e. The summed E-state index contributed by atoms with van der Waals surface area (Å²) in [5.74, 6) is 2.44. The van der Waals surface area contributed by atoms with Crippen LogP contribution in [0, 0.1) is 6.92 Å². The van der Waals surface area contributed by atoms with Crippen molar-refractivity contribution in [3.63, 3.8) is 0 Å². The number of fused-ring (bicyclic) bond motifs is 1. The summed E-state index contributed by atoms with van der Waals surface area (Å²) in [5.41, 5.74) is 4.17. The maximum absolute atomic E-state index is 6.20. The highest BCUT2D eigenvalue weighted by Gasteiger charge is 2.17. The lowest BCUT2D eigenvalue weighted by Crippen LogP contribution is -1.97. The number of aryl methyl sites for hydroxylation is 1. The van der Waals surface area contributed by atoms with E-state index >= 15 is 0 Å². The molecule has 0 aliphatic carbocycles. The average Bonchev–Trinajstić information content (AvgIpc) is 3.00. The zero-order valence-corrected chi connectivity index (χ0v) is 14.8. The van der Waals surface area contributed by atoms with Crippen molar-refractivity contribution in [3.05, 3.63) is 83.7 Å². The van der Waals surface area contributed by atoms with Crippen molar-refractivity contribution in [1.29, 1.82) is 0 Å². The topological polar surface area (TPSA) is 37.9 Å². The number of H-pyrrole nitrogens is 1. The fourth-order valence-corrected chi connectivity index (χ4v) is 3.30. The van der Waals surface area contributed by atoms with Crippen LogP contribution < -0.4 is 4.74 Å². The average molecular weight is 346 g/mol. The number of nitrogens with zero attached hydrogens (tertiary/aromatic N) is 1. The first kappa shape index (κ1) is 15.8. The molecule has 25 heavy (non-hydrogen) atoms. The van der Waals surface area contributed by atoms with Crippen molar-refractivity contribution in [2.75, 3.05) is 0 Å². The third kappa shape index (κ3) is 3.26. The normalized spacial score (nSPS) is 11.0. The molecule has 0 aliphatic rings. The van der Waals surface area contributed by atoms with E-state index < -0.39 is 0 Å². The summed E-state index contributed by atoms with van der Waals surface area (Å²) < 4.78 is 6.20. The molecule has 1 heterocycles. The molecule has 0 aliphatic heterocycles. The van der Waals surface area contributed by atoms with Crippen LogP contribution in [0.3, 0.4) is 0 Å². The lowest BCUT2D eigenvalue weighted by molar-refractivity contribution is 0.467. The van der Waals surface area contributed by atoms with Gasteiger partial charge in [-0.3, -0.25) is 0 Å². The number of aromatic amines is 1. The van der Waals surface area contributed by atoms with Crippen LogP contribution in [0.25, 0.3) is 11.0 Å². The standard InChI is InChI=1S/C21H18N2OS/c1-14-22-18-13-19(25)21(24-16-10-6-3-7-11-16)17(20(18)23-14)12-15-8-4-2-5-9-15/h2-11,13,25H,12H2,1H3,(H,22,23). The minimum absolute atomic E-state index is 0.734. The number of rotatable bonds is 4. The number of thiol groups is 1. The van der Waals surface area contributed by atoms with Gasteiger partial charge in [0.15, 0.2) is 0 Å². The Bertz CT molecular complexity index is 1010. The zero-order valence-electron chi connectivity index (χ0n) is 13.9. The number of para-hydroxylation sites is 1. The number of ether oxygens (including phenoxy) is 1. The lowest BCUT2D eigenvalue weighted by atomic mass is 10.0. The highest BCUT2D eigenvalue weighted by molar-refractivity contribution is 7.80. The van der Waals surface area contributed by atoms with E-state index in [0.29, 0.717) is 0 Å². The van der Waals surface area contributed by atoms with Gasteiger partial charge in [0.2, 0.25) is 0 Å². The molecule has 0 saturated carbocycles. The summed E-state index contributed by atoms with van der Waals surface area (Å²) >= 11 is 4.68. The molecule has 0 unspecified atom stereocenters. The van der Waals surface area contributed by atoms with E-state index in [1.807, 2.05) is 61.5 Å². The monoisotopic (exact) mass is 346 g/mol. The first-order valence-electron chi connectivity index (χ1n) is 8.18. The van der Waals surface area contributed by atoms with Gasteiger partial charge in [0.05, 0.1) is 11.0 Å². The summed E-state index contributed by atoms with van der Waals surface area (Å²) in [6, 6.07) is 22.1. The fourth-order valence-electron chi connectivity index (χ4n) is 2.99. The van der Waals surface area contributed by atoms with E-state index in [4.69, 9.17) is 4.74 Å². The molecule has 124 valence electrons. The van der Waals surface area contributed by atoms with Crippen LogP contribution in [-0.2, 0) is 6.42 Å². The molecule has 1 N–H and O–H groups in total. The van der Waals surface area contributed by atoms with Crippen LogP contribution in [-0.4, -0.2) is 9.97 Å². The van der Waals surface area contributed by atoms with E-state index in [1.54, 1.807) is 0 Å². The molecular weight excluding hydrogens is 328 g/mol. The van der Waals surface area contributed by atoms with E-state index in [0.717, 1.165) is 45.2 Å². The van der Waals surface area contributed by atoms with Gasteiger partial charge in [-0.05, 0) is 30.7 Å². The second kappa shape index (κ2) is 6.65. The first-order chi connectivity index (χ1) is 12.2. The Morgan fingerprint density at radius 1 is 1.00 bits per heavy atom. The van der Waals surface area contributed by atoms with Gasteiger partial charge < -0.3 is 9.72 Å². The van der Waals surface area contributed by atoms with Crippen molar-refractivity contribution >= 4 is 23.7 Å². The Balaban J connectivity index is 1.87. The number of hydrogen-bond acceptors (Lipinski definition) is 3. The molecular formula is C21H18N2OS. The van der Waals surface area contributed by atoms with Gasteiger partial charge in [-0.15, -0.1) is 12.6 Å². The van der Waals surface area contributed by atoms with E-state index in [9.17, 15) is 0 Å². The van der Waals surface area contributed by atoms with E-state index in [1.165, 1.54) is 5.56 Å². The van der Waals surface area contributed by atoms with Gasteiger partial charge in [-0.1, -0.05) is 48.5 Å². The van der Waals surface area contributed by atoms with Crippen LogP contribution in [0.5, 0.6) is 11.5 Å². The van der Waals surface area contributed by atoms with Gasteiger partial charge in [0.25, 0.3) is 0 Å². The van der Waals surface area contributed by atoms with Gasteiger partial charge in [-0.2, -0.15) is 0 Å². The van der Waals surface area contributed by atoms with Crippen LogP contribution in [0.2, 0.25) is 0 Å². The third-order valence-electron chi connectivity index (χ3n) is 4.11. The Hall–Kier alpha value is -2.72. The molecule has 1 aromatic heterocycles. The molecule has 3 nitrogen and oxygen atoms in total. The number of benzene rings is 3. The summed E-state index contributed by atoms with van der Waals surface area (Å²) in [6.07, 6.45) is 0.734. The van der Waals surface area contributed by atoms with Crippen molar-refractivity contribution in [2.24, 2.45) is 0 Å². The van der Waals surface area contributed by atoms with E-state index in [-0.39, 0.29) is 0 Å². The van der Waals surface area contributed by atoms with Gasteiger partial charge in [0, 0.05) is 16.9 Å². The molecule has 0 fully saturated rings. The molecule has 0 radical (unpaired) electrons. The summed E-state index contributed by atoms with van der Waals surface area (Å²) in [7, 11) is 0. The quantitative estimate of drug-likeness (QED) is 0.476. The second-order valence-electron chi connectivity index (χ2n) is 6.00. The maximum atomic E-state index is 6.20. The summed E-state index contributed by atoms with van der Waals surface area (Å²) in [5, 5.41) is 0. The number of nitrogens with one attached hydrogen (secondary N) is 1. The molecule has 4 heteroatoms. The number of aromatic nitrogens is 2. The molecule has 0 spiro atoms. The SMILES string of the molecule is Cc1nc2c(Cc3ccccc3)c(Oc3ccccc3)c(S)cc2[nH]1. The van der Waals surface area contributed by atoms with Crippen LogP contribution in [0.4, 0.5) is 0 Å². The summed E-state index contributed by atoms with van der Waals surface area (Å²) in [4.78, 5) is 8.78. The van der Waals surface area contributed by atoms with Crippen molar-refractivity contribution in [3.8, 4) is 11.5 Å². The third-order valence-corrected chi connectivity index (χ3v) is 4.44. The molecule has 0 atom stereocenters. The largest absolute Gasteiger partial charge is 0.456 e. The Kier molecular flexibility index (Phi) is 4.20. The predicted molar refractivity (Wildman–Crippen MR) is 104 cm³/mol. The highest BCUT2D eigenvalue weighted by Crippen LogP contribution is 2.37. The Morgan fingerprint density at radius 2 is 1.68 bits per heavy atom. The smallest absolute Gasteiger partial charge is 0.146 e.